The number of hydrogen-bond donors (Lipinski definition) is 2. The fraction of sp³-hybridized carbons (Fsp3) is 0.305. The van der Waals surface area contributed by atoms with Crippen LogP contribution in [-0.2, 0) is 26.0 Å². The number of alkyl halides is 1. The van der Waals surface area contributed by atoms with Crippen molar-refractivity contribution in [1.82, 2.24) is 61.0 Å². The van der Waals surface area contributed by atoms with Crippen molar-refractivity contribution in [1.29, 1.82) is 0 Å². The normalized spacial score (nSPS) is 12.4. The highest BCUT2D eigenvalue weighted by molar-refractivity contribution is 9.08. The summed E-state index contributed by atoms with van der Waals surface area (Å²) in [7, 11) is -0.378. The minimum atomic E-state index is -0.378. The number of nitrogens with zero attached hydrogens (tertiary/aromatic N) is 11. The van der Waals surface area contributed by atoms with E-state index in [1.807, 2.05) is 114 Å². The number of carboxylic acid groups (broad SMARTS) is 1. The molecule has 1 aliphatic heterocycles. The predicted molar refractivity (Wildman–Crippen MR) is 332 cm³/mol. The van der Waals surface area contributed by atoms with Gasteiger partial charge >= 0.3 is 7.12 Å². The van der Waals surface area contributed by atoms with Gasteiger partial charge in [0.1, 0.15) is 23.0 Å². The van der Waals surface area contributed by atoms with Crippen LogP contribution in [0.25, 0.3) is 33.8 Å². The molecule has 0 bridgehead atoms. The van der Waals surface area contributed by atoms with Crippen LogP contribution in [-0.4, -0.2) is 90.9 Å². The maximum absolute atomic E-state index is 12.1. The maximum atomic E-state index is 12.1. The van der Waals surface area contributed by atoms with Crippen LogP contribution in [0.15, 0.2) is 125 Å². The molecule has 0 unspecified atom stereocenters. The van der Waals surface area contributed by atoms with Gasteiger partial charge in [-0.1, -0.05) is 120 Å². The van der Waals surface area contributed by atoms with Gasteiger partial charge in [0.25, 0.3) is 17.6 Å². The second kappa shape index (κ2) is 31.9. The van der Waals surface area contributed by atoms with Crippen LogP contribution in [0.2, 0.25) is 15.5 Å². The highest BCUT2D eigenvalue weighted by atomic mass is 79.9. The molecule has 1 saturated heterocycles. The van der Waals surface area contributed by atoms with E-state index in [4.69, 9.17) is 72.1 Å². The lowest BCUT2D eigenvalue weighted by Gasteiger charge is -2.32. The standard InChI is InChI=1S/C17H17N3O2.C11H18BNO3.C9H8ClN3O.C9H9N3O2.C8H9Br.C4H2Cl2N2.CH2O2/c1-11-6-4-5-7-14(11)10-20-16(21)9-8-15(18-20)17-12(2)19-22-13(17)3;1-7-9(8(2)14-13-7)12-15-10(3,4)11(5,6)16-12;1-5-9(6(2)14-13-5)7-3-4-8(10)12-11-7;1-5-9(6(2)14-12-5)7-3-4-8(13)11-10-7;1-7-4-2-3-5-8(7)6-9;5-3-1-2-4(6)8-7-3;2-1-3/h4-9H,10H2,1-3H3;1-6H3;3-4H,1-2H3;3-4H,1-2H3,(H,11,13);2-5H,6H2,1H3;1-2H;1H,(H,2,3). The van der Waals surface area contributed by atoms with Crippen molar-refractivity contribution < 1.29 is 37.3 Å². The largest absolute Gasteiger partial charge is 0.500 e. The molecule has 22 nitrogen and oxygen atoms in total. The molecule has 452 valence electrons. The molecule has 27 heteroatoms. The van der Waals surface area contributed by atoms with E-state index in [1.54, 1.807) is 36.4 Å². The van der Waals surface area contributed by atoms with Crippen LogP contribution in [0.1, 0.15) is 95.8 Å². The zero-order chi connectivity index (χ0) is 63.5. The fourth-order valence-corrected chi connectivity index (χ4v) is 8.90. The van der Waals surface area contributed by atoms with Gasteiger partial charge in [-0.3, -0.25) is 14.4 Å². The van der Waals surface area contributed by atoms with Gasteiger partial charge < -0.3 is 32.5 Å². The molecule has 9 heterocycles. The number of aryl methyl sites for hydroxylation is 10. The Morgan fingerprint density at radius 2 is 0.953 bits per heavy atom. The highest BCUT2D eigenvalue weighted by Crippen LogP contribution is 2.37. The van der Waals surface area contributed by atoms with Crippen LogP contribution in [0.5, 0.6) is 0 Å². The fourth-order valence-electron chi connectivity index (χ4n) is 7.97. The third-order valence-electron chi connectivity index (χ3n) is 13.2. The van der Waals surface area contributed by atoms with Crippen molar-refractivity contribution >= 4 is 69.8 Å². The van der Waals surface area contributed by atoms with Crippen LogP contribution in [0.3, 0.4) is 0 Å². The number of aromatic nitrogens is 12. The summed E-state index contributed by atoms with van der Waals surface area (Å²) in [6.45, 7) is 27.3. The molecule has 0 atom stereocenters. The summed E-state index contributed by atoms with van der Waals surface area (Å²) in [4.78, 5) is 31.3. The molecule has 86 heavy (non-hydrogen) atoms. The van der Waals surface area contributed by atoms with Crippen molar-refractivity contribution in [3.05, 3.63) is 201 Å². The Hall–Kier alpha value is -8.00. The SMILES string of the molecule is Cc1ccccc1CBr.Cc1ccccc1Cn1nc(-c2c(C)noc2C)ccc1=O.Cc1noc(C)c1-c1ccc(=O)[nH]n1.Cc1noc(C)c1-c1ccc(Cl)nn1.Cc1noc(C)c1B1OC(C)(C)C(C)(C)O1.Clc1ccc(Cl)nn1.O=CO. The van der Waals surface area contributed by atoms with E-state index in [9.17, 15) is 9.59 Å². The monoisotopic (exact) mass is 1300 g/mol. The molecule has 0 spiro atoms. The summed E-state index contributed by atoms with van der Waals surface area (Å²) in [5.74, 6) is 2.89. The van der Waals surface area contributed by atoms with Gasteiger partial charge in [0, 0.05) is 22.9 Å². The van der Waals surface area contributed by atoms with E-state index in [-0.39, 0.29) is 35.9 Å². The minimum Gasteiger partial charge on any atom is -0.483 e. The smallest absolute Gasteiger partial charge is 0.483 e. The highest BCUT2D eigenvalue weighted by Gasteiger charge is 2.53. The number of rotatable bonds is 7. The molecule has 10 aromatic rings. The topological polar surface area (TPSA) is 292 Å². The average Bonchev–Trinajstić information content (AvgIpc) is 2.41. The lowest BCUT2D eigenvalue weighted by Crippen LogP contribution is -2.41. The molecule has 11 rings (SSSR count). The molecule has 0 amide bonds. The van der Waals surface area contributed by atoms with E-state index < -0.39 is 0 Å². The molecule has 2 aromatic carbocycles. The Bertz CT molecular complexity index is 3790. The van der Waals surface area contributed by atoms with Gasteiger partial charge in [-0.05, 0) is 156 Å². The zero-order valence-electron chi connectivity index (χ0n) is 49.9. The van der Waals surface area contributed by atoms with Crippen molar-refractivity contribution in [2.24, 2.45) is 0 Å². The summed E-state index contributed by atoms with van der Waals surface area (Å²) >= 11 is 19.8. The molecule has 0 radical (unpaired) electrons. The summed E-state index contributed by atoms with van der Waals surface area (Å²) < 4.78 is 33.7. The van der Waals surface area contributed by atoms with Gasteiger partial charge in [-0.2, -0.15) is 10.2 Å². The number of hydrogen-bond acceptors (Lipinski definition) is 19. The number of halogens is 4. The Balaban J connectivity index is 0.000000192. The number of H-pyrrole nitrogens is 1. The summed E-state index contributed by atoms with van der Waals surface area (Å²) in [5.41, 5.74) is 12.7. The van der Waals surface area contributed by atoms with Crippen LogP contribution in [0.4, 0.5) is 0 Å². The second-order valence-electron chi connectivity index (χ2n) is 20.0. The van der Waals surface area contributed by atoms with Crippen molar-refractivity contribution in [3.8, 4) is 33.8 Å². The van der Waals surface area contributed by atoms with E-state index in [1.165, 1.54) is 27.9 Å². The Kier molecular flexibility index (Phi) is 25.5. The van der Waals surface area contributed by atoms with Crippen molar-refractivity contribution in [2.45, 2.75) is 120 Å². The van der Waals surface area contributed by atoms with Crippen molar-refractivity contribution in [3.63, 3.8) is 0 Å². The Labute approximate surface area is 520 Å². The zero-order valence-corrected chi connectivity index (χ0v) is 53.7. The van der Waals surface area contributed by atoms with Crippen molar-refractivity contribution in [2.75, 3.05) is 0 Å². The van der Waals surface area contributed by atoms with E-state index in [2.05, 4.69) is 103 Å². The van der Waals surface area contributed by atoms with E-state index >= 15 is 0 Å². The van der Waals surface area contributed by atoms with Crippen LogP contribution < -0.4 is 16.6 Å². The first kappa shape index (κ1) is 68.8. The van der Waals surface area contributed by atoms with E-state index in [0.717, 1.165) is 78.6 Å². The molecule has 0 aliphatic carbocycles. The summed E-state index contributed by atoms with van der Waals surface area (Å²) in [5, 5.41) is 49.8. The number of nitrogens with one attached hydrogen (secondary N) is 1. The summed E-state index contributed by atoms with van der Waals surface area (Å²) in [6, 6.07) is 29.3. The first-order valence-electron chi connectivity index (χ1n) is 26.3. The quantitative estimate of drug-likeness (QED) is 0.0851. The second-order valence-corrected chi connectivity index (χ2v) is 21.7. The average molecular weight is 1300 g/mol. The minimum absolute atomic E-state index is 0.126. The first-order chi connectivity index (χ1) is 40.7. The Morgan fingerprint density at radius 3 is 1.34 bits per heavy atom. The van der Waals surface area contributed by atoms with Gasteiger partial charge in [0.2, 0.25) is 0 Å². The molecule has 2 N–H and O–H groups in total. The molecule has 1 aliphatic rings. The molecular weight excluding hydrogens is 1230 g/mol. The lowest BCUT2D eigenvalue weighted by atomic mass is 9.77. The van der Waals surface area contributed by atoms with E-state index in [0.29, 0.717) is 44.9 Å². The van der Waals surface area contributed by atoms with Gasteiger partial charge in [0.05, 0.1) is 74.3 Å². The number of aromatic amines is 1. The molecule has 8 aromatic heterocycles. The first-order valence-corrected chi connectivity index (χ1v) is 28.6. The van der Waals surface area contributed by atoms with Gasteiger partial charge in [-0.25, -0.2) is 9.78 Å². The third kappa shape index (κ3) is 19.0. The third-order valence-corrected chi connectivity index (χ3v) is 14.4. The summed E-state index contributed by atoms with van der Waals surface area (Å²) in [6.07, 6.45) is 0. The van der Waals surface area contributed by atoms with Gasteiger partial charge in [-0.15, -0.1) is 20.4 Å². The van der Waals surface area contributed by atoms with Crippen LogP contribution in [0, 0.1) is 69.2 Å². The molecule has 0 saturated carbocycles. The predicted octanol–water partition coefficient (Wildman–Crippen LogP) is 12.3. The Morgan fingerprint density at radius 1 is 0.547 bits per heavy atom. The lowest BCUT2D eigenvalue weighted by molar-refractivity contribution is -0.122. The maximum Gasteiger partial charge on any atom is 0.500 e. The molecule has 1 fully saturated rings. The number of carbonyl (C=O) groups is 1. The van der Waals surface area contributed by atoms with Crippen LogP contribution >= 0.6 is 50.7 Å². The number of benzene rings is 2. The van der Waals surface area contributed by atoms with Gasteiger partial charge in [0.15, 0.2) is 15.5 Å². The molecular formula is C59H65BBrCl3N12O10.